The first-order chi connectivity index (χ1) is 5.26. The average molecular weight is 177 g/mol. The smallest absolute Gasteiger partial charge is 0.272 e. The van der Waals surface area contributed by atoms with Gasteiger partial charge in [0.15, 0.2) is 0 Å². The van der Waals surface area contributed by atoms with Gasteiger partial charge in [-0.25, -0.2) is 8.78 Å². The first-order valence-corrected chi connectivity index (χ1v) is 4.38. The zero-order valence-corrected chi connectivity index (χ0v) is 8.19. The van der Waals surface area contributed by atoms with Crippen molar-refractivity contribution >= 4 is 0 Å². The van der Waals surface area contributed by atoms with Crippen molar-refractivity contribution in [2.75, 3.05) is 13.1 Å². The van der Waals surface area contributed by atoms with Crippen LogP contribution >= 0.6 is 0 Å². The Morgan fingerprint density at radius 1 is 1.25 bits per heavy atom. The molecular weight excluding hydrogens is 160 g/mol. The van der Waals surface area contributed by atoms with E-state index in [-0.39, 0.29) is 18.6 Å². The molecule has 0 atom stereocenters. The summed E-state index contributed by atoms with van der Waals surface area (Å²) in [6.45, 7) is 8.03. The number of nitrogens with zero attached hydrogens (tertiary/aromatic N) is 1. The summed E-state index contributed by atoms with van der Waals surface area (Å²) in [5.74, 6) is -2.03. The molecule has 0 aromatic heterocycles. The van der Waals surface area contributed by atoms with Gasteiger partial charge in [-0.05, 0) is 19.8 Å². The van der Waals surface area contributed by atoms with Gasteiger partial charge < -0.3 is 0 Å². The molecule has 1 rings (SSSR count). The molecule has 0 radical (unpaired) electrons. The van der Waals surface area contributed by atoms with E-state index in [9.17, 15) is 8.78 Å². The van der Waals surface area contributed by atoms with E-state index in [2.05, 4.69) is 13.8 Å². The number of rotatable bonds is 2. The van der Waals surface area contributed by atoms with Crippen LogP contribution in [0.4, 0.5) is 8.78 Å². The first-order valence-electron chi connectivity index (χ1n) is 4.38. The third-order valence-electron chi connectivity index (χ3n) is 3.07. The summed E-state index contributed by atoms with van der Waals surface area (Å²) in [6.07, 6.45) is 0. The molecule has 72 valence electrons. The zero-order chi connectivity index (χ0) is 9.57. The van der Waals surface area contributed by atoms with Crippen LogP contribution in [0.2, 0.25) is 0 Å². The second-order valence-corrected chi connectivity index (χ2v) is 4.52. The predicted octanol–water partition coefficient (Wildman–Crippen LogP) is 2.37. The van der Waals surface area contributed by atoms with Gasteiger partial charge in [-0.3, -0.25) is 4.90 Å². The van der Waals surface area contributed by atoms with Gasteiger partial charge in [0.25, 0.3) is 5.92 Å². The van der Waals surface area contributed by atoms with Crippen LogP contribution in [0.25, 0.3) is 0 Å². The Labute approximate surface area is 72.7 Å². The van der Waals surface area contributed by atoms with E-state index in [0.717, 1.165) is 0 Å². The molecule has 0 N–H and O–H groups in total. The van der Waals surface area contributed by atoms with Crippen molar-refractivity contribution in [2.24, 2.45) is 5.92 Å². The molecule has 0 saturated carbocycles. The highest BCUT2D eigenvalue weighted by Crippen LogP contribution is 2.36. The maximum absolute atomic E-state index is 12.5. The van der Waals surface area contributed by atoms with E-state index in [1.165, 1.54) is 0 Å². The molecule has 0 spiro atoms. The lowest BCUT2D eigenvalue weighted by Crippen LogP contribution is -2.65. The number of halogens is 2. The Kier molecular flexibility index (Phi) is 2.19. The van der Waals surface area contributed by atoms with E-state index in [1.807, 2.05) is 18.7 Å². The summed E-state index contributed by atoms with van der Waals surface area (Å²) in [5, 5.41) is 0. The van der Waals surface area contributed by atoms with Crippen molar-refractivity contribution in [3.63, 3.8) is 0 Å². The van der Waals surface area contributed by atoms with Crippen LogP contribution in [-0.2, 0) is 0 Å². The highest BCUT2D eigenvalue weighted by molar-refractivity contribution is 4.97. The van der Waals surface area contributed by atoms with Crippen LogP contribution in [-0.4, -0.2) is 29.5 Å². The number of hydrogen-bond donors (Lipinski definition) is 0. The van der Waals surface area contributed by atoms with Crippen molar-refractivity contribution in [3.8, 4) is 0 Å². The van der Waals surface area contributed by atoms with E-state index < -0.39 is 5.92 Å². The molecule has 0 aliphatic carbocycles. The fraction of sp³-hybridized carbons (Fsp3) is 1.00. The van der Waals surface area contributed by atoms with Gasteiger partial charge in [-0.1, -0.05) is 13.8 Å². The van der Waals surface area contributed by atoms with Crippen molar-refractivity contribution in [2.45, 2.75) is 39.2 Å². The van der Waals surface area contributed by atoms with Gasteiger partial charge in [-0.15, -0.1) is 0 Å². The molecule has 12 heavy (non-hydrogen) atoms. The van der Waals surface area contributed by atoms with Gasteiger partial charge >= 0.3 is 0 Å². The Hall–Kier alpha value is -0.180. The fourth-order valence-corrected chi connectivity index (χ4v) is 1.28. The predicted molar refractivity (Wildman–Crippen MR) is 45.4 cm³/mol. The lowest BCUT2D eigenvalue weighted by Gasteiger charge is -2.50. The van der Waals surface area contributed by atoms with Crippen molar-refractivity contribution in [1.82, 2.24) is 4.90 Å². The SMILES string of the molecule is CC(C)C(C)(C)N1CC(F)(F)C1. The van der Waals surface area contributed by atoms with Gasteiger partial charge in [0.1, 0.15) is 0 Å². The maximum atomic E-state index is 12.5. The van der Waals surface area contributed by atoms with Gasteiger partial charge in [0.2, 0.25) is 0 Å². The Morgan fingerprint density at radius 3 is 1.92 bits per heavy atom. The van der Waals surface area contributed by atoms with Crippen molar-refractivity contribution in [3.05, 3.63) is 0 Å². The van der Waals surface area contributed by atoms with E-state index in [0.29, 0.717) is 5.92 Å². The molecule has 0 bridgehead atoms. The summed E-state index contributed by atoms with van der Waals surface area (Å²) in [6, 6.07) is 0. The molecule has 1 heterocycles. The monoisotopic (exact) mass is 177 g/mol. The summed E-state index contributed by atoms with van der Waals surface area (Å²) in [7, 11) is 0. The molecule has 1 nitrogen and oxygen atoms in total. The molecule has 0 aromatic carbocycles. The molecular formula is C9H17F2N. The largest absolute Gasteiger partial charge is 0.286 e. The third-order valence-corrected chi connectivity index (χ3v) is 3.07. The molecule has 1 fully saturated rings. The Morgan fingerprint density at radius 2 is 1.67 bits per heavy atom. The third kappa shape index (κ3) is 1.60. The van der Waals surface area contributed by atoms with Crippen LogP contribution in [0.1, 0.15) is 27.7 Å². The normalized spacial score (nSPS) is 24.2. The molecule has 1 aliphatic heterocycles. The minimum atomic E-state index is -2.44. The molecule has 3 heteroatoms. The Balaban J connectivity index is 2.52. The van der Waals surface area contributed by atoms with Gasteiger partial charge in [-0.2, -0.15) is 0 Å². The van der Waals surface area contributed by atoms with Crippen LogP contribution in [0.15, 0.2) is 0 Å². The average Bonchev–Trinajstić information content (AvgIpc) is 1.82. The van der Waals surface area contributed by atoms with Gasteiger partial charge in [0, 0.05) is 5.54 Å². The van der Waals surface area contributed by atoms with Crippen LogP contribution in [0.5, 0.6) is 0 Å². The number of likely N-dealkylation sites (tertiary alicyclic amines) is 1. The van der Waals surface area contributed by atoms with E-state index in [1.54, 1.807) is 0 Å². The second-order valence-electron chi connectivity index (χ2n) is 4.52. The highest BCUT2D eigenvalue weighted by atomic mass is 19.3. The topological polar surface area (TPSA) is 3.24 Å². The number of alkyl halides is 2. The van der Waals surface area contributed by atoms with Gasteiger partial charge in [0.05, 0.1) is 13.1 Å². The quantitative estimate of drug-likeness (QED) is 0.626. The molecule has 0 aromatic rings. The summed E-state index contributed by atoms with van der Waals surface area (Å²) < 4.78 is 25.1. The van der Waals surface area contributed by atoms with Crippen LogP contribution in [0.3, 0.4) is 0 Å². The Bertz CT molecular complexity index is 167. The van der Waals surface area contributed by atoms with E-state index in [4.69, 9.17) is 0 Å². The van der Waals surface area contributed by atoms with Crippen molar-refractivity contribution in [1.29, 1.82) is 0 Å². The summed E-state index contributed by atoms with van der Waals surface area (Å²) in [4.78, 5) is 1.84. The molecule has 1 saturated heterocycles. The highest BCUT2D eigenvalue weighted by Gasteiger charge is 2.50. The molecule has 0 unspecified atom stereocenters. The molecule has 0 amide bonds. The second kappa shape index (κ2) is 2.66. The molecule has 1 aliphatic rings. The van der Waals surface area contributed by atoms with E-state index >= 15 is 0 Å². The fourth-order valence-electron chi connectivity index (χ4n) is 1.28. The summed E-state index contributed by atoms with van der Waals surface area (Å²) >= 11 is 0. The van der Waals surface area contributed by atoms with Crippen molar-refractivity contribution < 1.29 is 8.78 Å². The zero-order valence-electron chi connectivity index (χ0n) is 8.19. The lowest BCUT2D eigenvalue weighted by atomic mass is 9.85. The standard InChI is InChI=1S/C9H17F2N/c1-7(2)8(3,4)12-5-9(10,11)6-12/h7H,5-6H2,1-4H3. The lowest BCUT2D eigenvalue weighted by molar-refractivity contribution is -0.171. The maximum Gasteiger partial charge on any atom is 0.272 e. The van der Waals surface area contributed by atoms with Crippen LogP contribution < -0.4 is 0 Å². The van der Waals surface area contributed by atoms with Crippen LogP contribution in [0, 0.1) is 5.92 Å². The minimum Gasteiger partial charge on any atom is -0.286 e. The summed E-state index contributed by atoms with van der Waals surface area (Å²) in [5.41, 5.74) is -0.0956. The minimum absolute atomic E-state index is 0.0713. The first kappa shape index (κ1) is 9.90. The number of hydrogen-bond acceptors (Lipinski definition) is 1.